The lowest BCUT2D eigenvalue weighted by molar-refractivity contribution is -0.137. The maximum atomic E-state index is 13.4. The molecular formula is C31H43F3N4O5. The largest absolute Gasteiger partial charge is 0.444 e. The number of halogens is 3. The molecule has 0 saturated heterocycles. The Morgan fingerprint density at radius 3 is 2.26 bits per heavy atom. The molecule has 0 aromatic heterocycles. The van der Waals surface area contributed by atoms with Gasteiger partial charge in [-0.05, 0) is 76.3 Å². The molecule has 0 aliphatic heterocycles. The van der Waals surface area contributed by atoms with Crippen LogP contribution in [0.25, 0.3) is 0 Å². The van der Waals surface area contributed by atoms with Crippen LogP contribution in [-0.2, 0) is 22.3 Å². The summed E-state index contributed by atoms with van der Waals surface area (Å²) < 4.78 is 45.3. The van der Waals surface area contributed by atoms with Crippen molar-refractivity contribution in [2.75, 3.05) is 18.4 Å². The van der Waals surface area contributed by atoms with Gasteiger partial charge in [-0.25, -0.2) is 4.79 Å². The highest BCUT2D eigenvalue weighted by atomic mass is 19.4. The van der Waals surface area contributed by atoms with Crippen LogP contribution in [0.1, 0.15) is 73.7 Å². The van der Waals surface area contributed by atoms with E-state index in [9.17, 15) is 32.7 Å². The minimum Gasteiger partial charge on any atom is -0.444 e. The molecule has 5 N–H and O–H groups in total. The zero-order valence-electron chi connectivity index (χ0n) is 25.7. The van der Waals surface area contributed by atoms with E-state index in [4.69, 9.17) is 4.74 Å². The van der Waals surface area contributed by atoms with E-state index in [-0.39, 0.29) is 18.2 Å². The molecule has 0 spiro atoms. The number of aliphatic hydroxyl groups excluding tert-OH is 1. The lowest BCUT2D eigenvalue weighted by Crippen LogP contribution is -2.52. The summed E-state index contributed by atoms with van der Waals surface area (Å²) in [5, 5.41) is 21.3. The molecular weight excluding hydrogens is 565 g/mol. The van der Waals surface area contributed by atoms with Gasteiger partial charge in [-0.2, -0.15) is 13.2 Å². The molecule has 0 aliphatic rings. The molecule has 238 valence electrons. The first-order valence-corrected chi connectivity index (χ1v) is 14.1. The Bertz CT molecular complexity index is 1280. The quantitative estimate of drug-likeness (QED) is 0.229. The summed E-state index contributed by atoms with van der Waals surface area (Å²) in [6.07, 6.45) is -6.19. The highest BCUT2D eigenvalue weighted by molar-refractivity contribution is 6.04. The second kappa shape index (κ2) is 15.2. The van der Waals surface area contributed by atoms with Crippen molar-refractivity contribution >= 4 is 23.6 Å². The zero-order chi connectivity index (χ0) is 32.5. The predicted octanol–water partition coefficient (Wildman–Crippen LogP) is 5.08. The average Bonchev–Trinajstić information content (AvgIpc) is 2.85. The van der Waals surface area contributed by atoms with Gasteiger partial charge in [0.05, 0.1) is 35.5 Å². The van der Waals surface area contributed by atoms with Gasteiger partial charge >= 0.3 is 12.3 Å². The summed E-state index contributed by atoms with van der Waals surface area (Å²) in [6, 6.07) is 7.63. The fourth-order valence-electron chi connectivity index (χ4n) is 4.28. The maximum Gasteiger partial charge on any atom is 0.416 e. The van der Waals surface area contributed by atoms with E-state index >= 15 is 0 Å². The summed E-state index contributed by atoms with van der Waals surface area (Å²) >= 11 is 0. The molecule has 0 aliphatic carbocycles. The summed E-state index contributed by atoms with van der Waals surface area (Å²) in [4.78, 5) is 38.0. The number of hydrogen-bond donors (Lipinski definition) is 5. The van der Waals surface area contributed by atoms with Crippen LogP contribution in [0.4, 0.5) is 23.7 Å². The molecule has 0 saturated carbocycles. The third kappa shape index (κ3) is 12.2. The molecule has 0 heterocycles. The monoisotopic (exact) mass is 608 g/mol. The van der Waals surface area contributed by atoms with Crippen molar-refractivity contribution in [2.45, 2.75) is 85.4 Å². The Labute approximate surface area is 251 Å². The van der Waals surface area contributed by atoms with Crippen molar-refractivity contribution in [3.8, 4) is 0 Å². The molecule has 12 heteroatoms. The molecule has 2 rings (SSSR count). The summed E-state index contributed by atoms with van der Waals surface area (Å²) in [6.45, 7) is 12.9. The Morgan fingerprint density at radius 2 is 1.67 bits per heavy atom. The predicted molar refractivity (Wildman–Crippen MR) is 159 cm³/mol. The van der Waals surface area contributed by atoms with E-state index < -0.39 is 59.5 Å². The molecule has 2 aromatic carbocycles. The van der Waals surface area contributed by atoms with Gasteiger partial charge in [0.1, 0.15) is 5.60 Å². The van der Waals surface area contributed by atoms with Crippen molar-refractivity contribution in [1.29, 1.82) is 0 Å². The summed E-state index contributed by atoms with van der Waals surface area (Å²) in [5.41, 5.74) is 0.594. The molecule has 3 amide bonds. The second-order valence-electron chi connectivity index (χ2n) is 12.0. The Hall–Kier alpha value is -3.64. The maximum absolute atomic E-state index is 13.4. The molecule has 43 heavy (non-hydrogen) atoms. The molecule has 9 nitrogen and oxygen atoms in total. The molecule has 0 radical (unpaired) electrons. The highest BCUT2D eigenvalue weighted by Gasteiger charge is 2.32. The number of hydrogen-bond acceptors (Lipinski definition) is 6. The smallest absolute Gasteiger partial charge is 0.416 e. The highest BCUT2D eigenvalue weighted by Crippen LogP contribution is 2.32. The fraction of sp³-hybridized carbons (Fsp3) is 0.516. The van der Waals surface area contributed by atoms with Crippen LogP contribution in [0.3, 0.4) is 0 Å². The van der Waals surface area contributed by atoms with Gasteiger partial charge < -0.3 is 25.8 Å². The number of alkyl halides is 3. The Morgan fingerprint density at radius 1 is 1.00 bits per heavy atom. The number of benzene rings is 2. The number of ether oxygens (including phenoxy) is 1. The number of rotatable bonds is 12. The Kier molecular flexibility index (Phi) is 12.6. The number of carbonyl (C=O) groups excluding carboxylic acids is 3. The minimum absolute atomic E-state index is 0.144. The van der Waals surface area contributed by atoms with Crippen LogP contribution in [0.2, 0.25) is 0 Å². The first-order valence-electron chi connectivity index (χ1n) is 14.1. The van der Waals surface area contributed by atoms with E-state index in [0.29, 0.717) is 19.0 Å². The van der Waals surface area contributed by atoms with Gasteiger partial charge in [0.25, 0.3) is 5.91 Å². The molecule has 2 atom stereocenters. The van der Waals surface area contributed by atoms with Crippen molar-refractivity contribution in [3.63, 3.8) is 0 Å². The number of aryl methyl sites for hydroxylation is 2. The first-order chi connectivity index (χ1) is 19.9. The van der Waals surface area contributed by atoms with E-state index in [1.54, 1.807) is 20.8 Å². The number of carbonyl (C=O) groups is 3. The van der Waals surface area contributed by atoms with Gasteiger partial charge in [0.2, 0.25) is 5.91 Å². The Balaban J connectivity index is 2.12. The van der Waals surface area contributed by atoms with E-state index in [0.717, 1.165) is 28.8 Å². The normalized spacial score (nSPS) is 13.3. The third-order valence-corrected chi connectivity index (χ3v) is 6.34. The molecule has 0 bridgehead atoms. The zero-order valence-corrected chi connectivity index (χ0v) is 25.7. The van der Waals surface area contributed by atoms with Crippen LogP contribution in [0.5, 0.6) is 0 Å². The lowest BCUT2D eigenvalue weighted by atomic mass is 9.99. The molecule has 2 aromatic rings. The van der Waals surface area contributed by atoms with Gasteiger partial charge in [-0.15, -0.1) is 0 Å². The SMILES string of the molecule is Cc1ccc(CNC[C@H](NC(=O)CNC(=O)c2cc(C(F)(F)F)ccc2NC(=O)OC(C)(C)C)[C@@H](O)CC(C)C)c(C)c1. The minimum atomic E-state index is -4.75. The topological polar surface area (TPSA) is 129 Å². The second-order valence-corrected chi connectivity index (χ2v) is 12.0. The van der Waals surface area contributed by atoms with Crippen molar-refractivity contribution in [2.24, 2.45) is 5.92 Å². The number of anilines is 1. The van der Waals surface area contributed by atoms with Crippen molar-refractivity contribution < 1.29 is 37.4 Å². The van der Waals surface area contributed by atoms with E-state index in [1.165, 1.54) is 0 Å². The van der Waals surface area contributed by atoms with Crippen LogP contribution in [0.15, 0.2) is 36.4 Å². The number of aliphatic hydroxyl groups is 1. The average molecular weight is 609 g/mol. The standard InChI is InChI=1S/C31H43F3N4O5/c1-18(2)12-26(39)25(16-35-15-21-9-8-19(3)13-20(21)4)37-27(40)17-36-28(41)23-14-22(31(32,33)34)10-11-24(23)38-29(42)43-30(5,6)7/h8-11,13-14,18,25-26,35,39H,12,15-17H2,1-7H3,(H,36,41)(H,37,40)(H,38,42)/t25-,26-/m0/s1. The third-order valence-electron chi connectivity index (χ3n) is 6.34. The summed E-state index contributed by atoms with van der Waals surface area (Å²) in [5.74, 6) is -1.52. The van der Waals surface area contributed by atoms with Gasteiger partial charge in [-0.1, -0.05) is 37.6 Å². The van der Waals surface area contributed by atoms with Gasteiger partial charge in [0.15, 0.2) is 0 Å². The van der Waals surface area contributed by atoms with Crippen molar-refractivity contribution in [3.05, 3.63) is 64.2 Å². The number of nitrogens with one attached hydrogen (secondary N) is 4. The summed E-state index contributed by atoms with van der Waals surface area (Å²) in [7, 11) is 0. The van der Waals surface area contributed by atoms with Crippen LogP contribution < -0.4 is 21.3 Å². The fourth-order valence-corrected chi connectivity index (χ4v) is 4.28. The van der Waals surface area contributed by atoms with Crippen LogP contribution in [0, 0.1) is 19.8 Å². The van der Waals surface area contributed by atoms with E-state index in [2.05, 4.69) is 27.3 Å². The van der Waals surface area contributed by atoms with Crippen LogP contribution in [-0.4, -0.2) is 53.9 Å². The molecule has 0 fully saturated rings. The van der Waals surface area contributed by atoms with Crippen LogP contribution >= 0.6 is 0 Å². The van der Waals surface area contributed by atoms with E-state index in [1.807, 2.05) is 39.8 Å². The van der Waals surface area contributed by atoms with Gasteiger partial charge in [-0.3, -0.25) is 14.9 Å². The first kappa shape index (κ1) is 35.6. The van der Waals surface area contributed by atoms with Gasteiger partial charge in [0, 0.05) is 13.1 Å². The molecule has 0 unspecified atom stereocenters. The number of amides is 3. The van der Waals surface area contributed by atoms with Crippen molar-refractivity contribution in [1.82, 2.24) is 16.0 Å². The lowest BCUT2D eigenvalue weighted by Gasteiger charge is -2.26.